The van der Waals surface area contributed by atoms with Crippen molar-refractivity contribution >= 4 is 17.6 Å². The molecule has 0 unspecified atom stereocenters. The first kappa shape index (κ1) is 12.2. The molecule has 2 rings (SSSR count). The van der Waals surface area contributed by atoms with Crippen LogP contribution >= 0.6 is 0 Å². The van der Waals surface area contributed by atoms with Crippen molar-refractivity contribution in [2.75, 3.05) is 5.32 Å². The van der Waals surface area contributed by atoms with Crippen molar-refractivity contribution in [1.29, 1.82) is 0 Å². The van der Waals surface area contributed by atoms with E-state index in [9.17, 15) is 9.59 Å². The third-order valence-corrected chi connectivity index (χ3v) is 2.02. The van der Waals surface area contributed by atoms with Gasteiger partial charge >= 0.3 is 6.09 Å². The van der Waals surface area contributed by atoms with E-state index in [0.29, 0.717) is 5.52 Å². The van der Waals surface area contributed by atoms with E-state index in [0.717, 1.165) is 0 Å². The van der Waals surface area contributed by atoms with Crippen molar-refractivity contribution in [1.82, 2.24) is 14.6 Å². The highest BCUT2D eigenvalue weighted by molar-refractivity contribution is 5.82. The number of hydrogen-bond donors (Lipinski definition) is 2. The normalized spacial score (nSPS) is 11.5. The summed E-state index contributed by atoms with van der Waals surface area (Å²) in [6.07, 6.45) is 0.947. The SMILES string of the molecule is CC(C)(C)OC(=O)Nc1nn2cccc2c(=O)[nH]1. The number of aromatic amines is 1. The number of hydrogen-bond acceptors (Lipinski definition) is 4. The average Bonchev–Trinajstić information content (AvgIpc) is 2.62. The second-order valence-corrected chi connectivity index (χ2v) is 4.77. The Labute approximate surface area is 103 Å². The van der Waals surface area contributed by atoms with Gasteiger partial charge in [0.15, 0.2) is 0 Å². The number of nitrogens with one attached hydrogen (secondary N) is 2. The number of aromatic nitrogens is 3. The van der Waals surface area contributed by atoms with Gasteiger partial charge in [-0.25, -0.2) is 9.31 Å². The number of nitrogens with zero attached hydrogens (tertiary/aromatic N) is 2. The molecule has 0 aliphatic heterocycles. The van der Waals surface area contributed by atoms with Gasteiger partial charge in [-0.2, -0.15) is 0 Å². The Morgan fingerprint density at radius 2 is 2.22 bits per heavy atom. The lowest BCUT2D eigenvalue weighted by Crippen LogP contribution is -2.29. The van der Waals surface area contributed by atoms with Crippen LogP contribution in [0.4, 0.5) is 10.7 Å². The maximum absolute atomic E-state index is 11.6. The van der Waals surface area contributed by atoms with Crippen molar-refractivity contribution in [3.8, 4) is 0 Å². The highest BCUT2D eigenvalue weighted by Crippen LogP contribution is 2.08. The number of H-pyrrole nitrogens is 1. The molecule has 1 amide bonds. The van der Waals surface area contributed by atoms with Crippen LogP contribution < -0.4 is 10.9 Å². The van der Waals surface area contributed by atoms with E-state index < -0.39 is 11.7 Å². The van der Waals surface area contributed by atoms with Crippen LogP contribution in [0, 0.1) is 0 Å². The second-order valence-electron chi connectivity index (χ2n) is 4.77. The summed E-state index contributed by atoms with van der Waals surface area (Å²) >= 11 is 0. The van der Waals surface area contributed by atoms with Gasteiger partial charge in [-0.3, -0.25) is 15.1 Å². The predicted octanol–water partition coefficient (Wildman–Crippen LogP) is 1.37. The lowest BCUT2D eigenvalue weighted by molar-refractivity contribution is 0.0634. The molecule has 0 fully saturated rings. The topological polar surface area (TPSA) is 88.5 Å². The van der Waals surface area contributed by atoms with Gasteiger partial charge < -0.3 is 4.74 Å². The predicted molar refractivity (Wildman–Crippen MR) is 65.7 cm³/mol. The van der Waals surface area contributed by atoms with Gasteiger partial charge in [0.25, 0.3) is 5.56 Å². The molecule has 2 aromatic rings. The number of rotatable bonds is 1. The number of ether oxygens (including phenoxy) is 1. The van der Waals surface area contributed by atoms with E-state index >= 15 is 0 Å². The van der Waals surface area contributed by atoms with E-state index in [4.69, 9.17) is 4.74 Å². The fourth-order valence-electron chi connectivity index (χ4n) is 1.40. The average molecular weight is 250 g/mol. The fourth-order valence-corrected chi connectivity index (χ4v) is 1.40. The minimum Gasteiger partial charge on any atom is -0.444 e. The molecule has 0 spiro atoms. The van der Waals surface area contributed by atoms with Crippen molar-refractivity contribution in [2.45, 2.75) is 26.4 Å². The monoisotopic (exact) mass is 250 g/mol. The van der Waals surface area contributed by atoms with Crippen LogP contribution in [-0.2, 0) is 4.74 Å². The molecule has 0 aliphatic carbocycles. The quantitative estimate of drug-likeness (QED) is 0.800. The number of amides is 1. The molecule has 0 saturated heterocycles. The maximum Gasteiger partial charge on any atom is 0.414 e. The number of fused-ring (bicyclic) bond motifs is 1. The number of carbonyl (C=O) groups is 1. The van der Waals surface area contributed by atoms with Crippen LogP contribution in [0.1, 0.15) is 20.8 Å². The summed E-state index contributed by atoms with van der Waals surface area (Å²) in [6.45, 7) is 5.24. The Morgan fingerprint density at radius 1 is 1.50 bits per heavy atom. The van der Waals surface area contributed by atoms with Crippen LogP contribution in [0.5, 0.6) is 0 Å². The number of carbonyl (C=O) groups excluding carboxylic acids is 1. The van der Waals surface area contributed by atoms with Gasteiger partial charge in [-0.05, 0) is 32.9 Å². The van der Waals surface area contributed by atoms with Gasteiger partial charge in [0.1, 0.15) is 11.1 Å². The Kier molecular flexibility index (Phi) is 2.82. The van der Waals surface area contributed by atoms with Gasteiger partial charge in [-0.15, -0.1) is 5.10 Å². The maximum atomic E-state index is 11.6. The molecular weight excluding hydrogens is 236 g/mol. The van der Waals surface area contributed by atoms with Crippen molar-refractivity contribution in [2.24, 2.45) is 0 Å². The van der Waals surface area contributed by atoms with Crippen LogP contribution in [0.15, 0.2) is 23.1 Å². The molecule has 0 atom stereocenters. The first-order valence-corrected chi connectivity index (χ1v) is 5.43. The minimum absolute atomic E-state index is 0.0398. The van der Waals surface area contributed by atoms with Gasteiger partial charge in [0.05, 0.1) is 0 Å². The third kappa shape index (κ3) is 2.68. The Morgan fingerprint density at radius 3 is 2.89 bits per heavy atom. The summed E-state index contributed by atoms with van der Waals surface area (Å²) < 4.78 is 6.43. The first-order valence-electron chi connectivity index (χ1n) is 5.43. The molecule has 0 bridgehead atoms. The van der Waals surface area contributed by atoms with Crippen LogP contribution in [-0.4, -0.2) is 26.3 Å². The Bertz CT molecular complexity index is 636. The molecule has 96 valence electrons. The van der Waals surface area contributed by atoms with E-state index in [1.165, 1.54) is 4.52 Å². The molecular formula is C11H14N4O3. The summed E-state index contributed by atoms with van der Waals surface area (Å²) in [5.74, 6) is 0.0398. The van der Waals surface area contributed by atoms with E-state index in [2.05, 4.69) is 15.4 Å². The van der Waals surface area contributed by atoms with Crippen LogP contribution in [0.25, 0.3) is 5.52 Å². The van der Waals surface area contributed by atoms with Crippen molar-refractivity contribution in [3.05, 3.63) is 28.7 Å². The van der Waals surface area contributed by atoms with Gasteiger partial charge in [0, 0.05) is 6.20 Å². The number of anilines is 1. The summed E-state index contributed by atoms with van der Waals surface area (Å²) in [7, 11) is 0. The Hall–Kier alpha value is -2.31. The van der Waals surface area contributed by atoms with E-state index in [-0.39, 0.29) is 11.5 Å². The van der Waals surface area contributed by atoms with Gasteiger partial charge in [0.2, 0.25) is 5.95 Å². The lowest BCUT2D eigenvalue weighted by atomic mass is 10.2. The zero-order chi connectivity index (χ0) is 13.3. The first-order chi connectivity index (χ1) is 8.35. The van der Waals surface area contributed by atoms with Crippen molar-refractivity contribution < 1.29 is 9.53 Å². The molecule has 18 heavy (non-hydrogen) atoms. The van der Waals surface area contributed by atoms with Crippen LogP contribution in [0.3, 0.4) is 0 Å². The van der Waals surface area contributed by atoms with Gasteiger partial charge in [-0.1, -0.05) is 0 Å². The summed E-state index contributed by atoms with van der Waals surface area (Å²) in [5.41, 5.74) is -0.534. The molecule has 2 N–H and O–H groups in total. The summed E-state index contributed by atoms with van der Waals surface area (Å²) in [5, 5.41) is 6.39. The van der Waals surface area contributed by atoms with E-state index in [1.807, 2.05) is 0 Å². The molecule has 0 aliphatic rings. The standard InChI is InChI=1S/C11H14N4O3/c1-11(2,3)18-10(17)13-9-12-8(16)7-5-4-6-15(7)14-9/h4-6H,1-3H3,(H2,12,13,14,16,17). The fraction of sp³-hybridized carbons (Fsp3) is 0.364. The zero-order valence-corrected chi connectivity index (χ0v) is 10.4. The lowest BCUT2D eigenvalue weighted by Gasteiger charge is -2.19. The molecule has 7 nitrogen and oxygen atoms in total. The highest BCUT2D eigenvalue weighted by atomic mass is 16.6. The smallest absolute Gasteiger partial charge is 0.414 e. The molecule has 2 aromatic heterocycles. The van der Waals surface area contributed by atoms with Crippen molar-refractivity contribution in [3.63, 3.8) is 0 Å². The molecule has 0 radical (unpaired) electrons. The molecule has 0 saturated carbocycles. The minimum atomic E-state index is -0.669. The highest BCUT2D eigenvalue weighted by Gasteiger charge is 2.17. The second kappa shape index (κ2) is 4.17. The summed E-state index contributed by atoms with van der Waals surface area (Å²) in [6, 6.07) is 3.32. The third-order valence-electron chi connectivity index (χ3n) is 2.02. The molecule has 0 aromatic carbocycles. The molecule has 7 heteroatoms. The largest absolute Gasteiger partial charge is 0.444 e. The molecule has 2 heterocycles. The summed E-state index contributed by atoms with van der Waals surface area (Å²) in [4.78, 5) is 25.6. The Balaban J connectivity index is 2.22. The zero-order valence-electron chi connectivity index (χ0n) is 10.4. The van der Waals surface area contributed by atoms with Crippen LogP contribution in [0.2, 0.25) is 0 Å². The van der Waals surface area contributed by atoms with E-state index in [1.54, 1.807) is 39.1 Å².